The van der Waals surface area contributed by atoms with Crippen LogP contribution in [0.4, 0.5) is 11.9 Å². The minimum atomic E-state index is 0.327. The fourth-order valence-corrected chi connectivity index (χ4v) is 1.58. The first-order chi connectivity index (χ1) is 6.34. The standard InChI is InChI=1S/C7H9N5S/c8-6-10-7(12-11-6)9-4-5-2-1-3-13-5/h1-3H,4H2,(H4,8,9,10,11,12). The topological polar surface area (TPSA) is 79.6 Å². The third-order valence-electron chi connectivity index (χ3n) is 1.50. The van der Waals surface area contributed by atoms with E-state index in [1.807, 2.05) is 17.5 Å². The van der Waals surface area contributed by atoms with Gasteiger partial charge in [0.25, 0.3) is 0 Å². The molecule has 0 radical (unpaired) electrons. The molecule has 4 N–H and O–H groups in total. The minimum Gasteiger partial charge on any atom is -0.368 e. The molecule has 0 fully saturated rings. The molecule has 0 saturated heterocycles. The van der Waals surface area contributed by atoms with Crippen LogP contribution in [0.2, 0.25) is 0 Å². The average Bonchev–Trinajstić information content (AvgIpc) is 2.71. The second-order valence-electron chi connectivity index (χ2n) is 2.48. The number of nitrogen functional groups attached to an aromatic ring is 1. The molecule has 0 aliphatic rings. The molecule has 0 aromatic carbocycles. The van der Waals surface area contributed by atoms with Gasteiger partial charge in [-0.05, 0) is 11.4 Å². The predicted octanol–water partition coefficient (Wildman–Crippen LogP) is 1.06. The summed E-state index contributed by atoms with van der Waals surface area (Å²) in [5.74, 6) is 0.861. The Bertz CT molecular complexity index is 366. The Morgan fingerprint density at radius 3 is 3.15 bits per heavy atom. The highest BCUT2D eigenvalue weighted by Gasteiger charge is 1.98. The number of nitrogens with zero attached hydrogens (tertiary/aromatic N) is 2. The van der Waals surface area contributed by atoms with Crippen LogP contribution in [0.25, 0.3) is 0 Å². The van der Waals surface area contributed by atoms with Crippen LogP contribution in [0.5, 0.6) is 0 Å². The van der Waals surface area contributed by atoms with E-state index in [1.165, 1.54) is 4.88 Å². The van der Waals surface area contributed by atoms with Crippen LogP contribution < -0.4 is 11.1 Å². The van der Waals surface area contributed by atoms with Crippen LogP contribution in [0.1, 0.15) is 4.88 Å². The van der Waals surface area contributed by atoms with Gasteiger partial charge in [0.05, 0.1) is 6.54 Å². The molecule has 0 amide bonds. The Morgan fingerprint density at radius 2 is 2.54 bits per heavy atom. The molecule has 0 atom stereocenters. The van der Waals surface area contributed by atoms with Gasteiger partial charge in [-0.25, -0.2) is 5.10 Å². The Kier molecular flexibility index (Phi) is 2.13. The lowest BCUT2D eigenvalue weighted by Gasteiger charge is -1.96. The maximum absolute atomic E-state index is 5.36. The third kappa shape index (κ3) is 1.97. The van der Waals surface area contributed by atoms with Crippen LogP contribution in [0, 0.1) is 0 Å². The number of hydrogen-bond acceptors (Lipinski definition) is 5. The molecule has 2 aromatic rings. The second kappa shape index (κ2) is 3.44. The molecule has 5 nitrogen and oxygen atoms in total. The van der Waals surface area contributed by atoms with Gasteiger partial charge in [-0.3, -0.25) is 0 Å². The van der Waals surface area contributed by atoms with E-state index in [9.17, 15) is 0 Å². The number of H-pyrrole nitrogens is 1. The van der Waals surface area contributed by atoms with Crippen molar-refractivity contribution in [2.45, 2.75) is 6.54 Å². The smallest absolute Gasteiger partial charge is 0.243 e. The summed E-state index contributed by atoms with van der Waals surface area (Å²) in [7, 11) is 0. The Balaban J connectivity index is 1.93. The van der Waals surface area contributed by atoms with Crippen molar-refractivity contribution in [3.05, 3.63) is 22.4 Å². The summed E-state index contributed by atoms with van der Waals surface area (Å²) >= 11 is 1.69. The molecule has 2 aromatic heterocycles. The van der Waals surface area contributed by atoms with E-state index in [1.54, 1.807) is 11.3 Å². The zero-order valence-electron chi connectivity index (χ0n) is 6.82. The summed E-state index contributed by atoms with van der Waals surface area (Å²) < 4.78 is 0. The molecule has 0 saturated carbocycles. The summed E-state index contributed by atoms with van der Waals surface area (Å²) in [6, 6.07) is 4.06. The van der Waals surface area contributed by atoms with Gasteiger partial charge in [-0.2, -0.15) is 4.98 Å². The van der Waals surface area contributed by atoms with Crippen molar-refractivity contribution in [1.82, 2.24) is 15.2 Å². The van der Waals surface area contributed by atoms with Crippen molar-refractivity contribution in [2.75, 3.05) is 11.1 Å². The van der Waals surface area contributed by atoms with E-state index in [0.717, 1.165) is 6.54 Å². The van der Waals surface area contributed by atoms with Crippen molar-refractivity contribution in [3.63, 3.8) is 0 Å². The highest BCUT2D eigenvalue weighted by atomic mass is 32.1. The van der Waals surface area contributed by atoms with E-state index in [2.05, 4.69) is 20.5 Å². The van der Waals surface area contributed by atoms with Crippen LogP contribution >= 0.6 is 11.3 Å². The highest BCUT2D eigenvalue weighted by molar-refractivity contribution is 7.09. The van der Waals surface area contributed by atoms with Crippen molar-refractivity contribution in [1.29, 1.82) is 0 Å². The molecule has 0 aliphatic heterocycles. The van der Waals surface area contributed by atoms with E-state index < -0.39 is 0 Å². The van der Waals surface area contributed by atoms with E-state index in [0.29, 0.717) is 11.9 Å². The molecule has 0 aliphatic carbocycles. The van der Waals surface area contributed by atoms with Gasteiger partial charge in [0.1, 0.15) is 0 Å². The molecule has 0 spiro atoms. The van der Waals surface area contributed by atoms with Crippen LogP contribution in [0.15, 0.2) is 17.5 Å². The van der Waals surface area contributed by atoms with Gasteiger partial charge >= 0.3 is 0 Å². The Morgan fingerprint density at radius 1 is 1.62 bits per heavy atom. The zero-order valence-corrected chi connectivity index (χ0v) is 7.64. The lowest BCUT2D eigenvalue weighted by atomic mass is 10.5. The SMILES string of the molecule is Nc1nc(NCc2cccs2)n[nH]1. The lowest BCUT2D eigenvalue weighted by molar-refractivity contribution is 1.06. The largest absolute Gasteiger partial charge is 0.368 e. The minimum absolute atomic E-state index is 0.327. The molecular formula is C7H9N5S. The fraction of sp³-hybridized carbons (Fsp3) is 0.143. The van der Waals surface area contributed by atoms with E-state index >= 15 is 0 Å². The van der Waals surface area contributed by atoms with Gasteiger partial charge in [-0.1, -0.05) is 6.07 Å². The van der Waals surface area contributed by atoms with Crippen LogP contribution in [-0.4, -0.2) is 15.2 Å². The maximum Gasteiger partial charge on any atom is 0.243 e. The first kappa shape index (κ1) is 8.06. The number of anilines is 2. The number of nitrogens with one attached hydrogen (secondary N) is 2. The van der Waals surface area contributed by atoms with E-state index in [-0.39, 0.29) is 0 Å². The van der Waals surface area contributed by atoms with Crippen molar-refractivity contribution >= 4 is 23.2 Å². The Labute approximate surface area is 79.0 Å². The van der Waals surface area contributed by atoms with E-state index in [4.69, 9.17) is 5.73 Å². The maximum atomic E-state index is 5.36. The molecule has 0 bridgehead atoms. The van der Waals surface area contributed by atoms with Gasteiger partial charge in [-0.15, -0.1) is 16.4 Å². The molecule has 6 heteroatoms. The van der Waals surface area contributed by atoms with Gasteiger partial charge in [0.15, 0.2) is 0 Å². The molecule has 2 rings (SSSR count). The number of thiophene rings is 1. The first-order valence-corrected chi connectivity index (χ1v) is 4.67. The second-order valence-corrected chi connectivity index (χ2v) is 3.51. The summed E-state index contributed by atoms with van der Waals surface area (Å²) in [5, 5.41) is 11.5. The molecule has 13 heavy (non-hydrogen) atoms. The zero-order chi connectivity index (χ0) is 9.10. The van der Waals surface area contributed by atoms with Crippen molar-refractivity contribution in [3.8, 4) is 0 Å². The molecule has 0 unspecified atom stereocenters. The number of aromatic nitrogens is 3. The summed E-state index contributed by atoms with van der Waals surface area (Å²) in [5.41, 5.74) is 5.36. The van der Waals surface area contributed by atoms with Gasteiger partial charge in [0, 0.05) is 4.88 Å². The normalized spacial score (nSPS) is 10.2. The lowest BCUT2D eigenvalue weighted by Crippen LogP contribution is -1.99. The summed E-state index contributed by atoms with van der Waals surface area (Å²) in [6.45, 7) is 0.731. The number of aromatic amines is 1. The molecule has 68 valence electrons. The van der Waals surface area contributed by atoms with Crippen molar-refractivity contribution < 1.29 is 0 Å². The molecule has 2 heterocycles. The van der Waals surface area contributed by atoms with Crippen LogP contribution in [-0.2, 0) is 6.54 Å². The molecular weight excluding hydrogens is 186 g/mol. The monoisotopic (exact) mass is 195 g/mol. The fourth-order valence-electron chi connectivity index (χ4n) is 0.933. The Hall–Kier alpha value is -1.56. The van der Waals surface area contributed by atoms with Gasteiger partial charge in [0.2, 0.25) is 11.9 Å². The van der Waals surface area contributed by atoms with Gasteiger partial charge < -0.3 is 11.1 Å². The first-order valence-electron chi connectivity index (χ1n) is 3.79. The van der Waals surface area contributed by atoms with Crippen molar-refractivity contribution in [2.24, 2.45) is 0 Å². The number of rotatable bonds is 3. The van der Waals surface area contributed by atoms with Crippen LogP contribution in [0.3, 0.4) is 0 Å². The summed E-state index contributed by atoms with van der Waals surface area (Å²) in [4.78, 5) is 5.15. The number of hydrogen-bond donors (Lipinski definition) is 3. The predicted molar refractivity (Wildman–Crippen MR) is 52.4 cm³/mol. The third-order valence-corrected chi connectivity index (χ3v) is 2.38. The number of nitrogens with two attached hydrogens (primary N) is 1. The quantitative estimate of drug-likeness (QED) is 0.684. The average molecular weight is 195 g/mol. The highest BCUT2D eigenvalue weighted by Crippen LogP contribution is 2.10. The summed E-state index contributed by atoms with van der Waals surface area (Å²) in [6.07, 6.45) is 0.